The smallest absolute Gasteiger partial charge is 0.233 e. The fraction of sp³-hybridized carbons (Fsp3) is 0.444. The number of carbonyl (C=O) groups excluding carboxylic acids is 1. The molecule has 1 fully saturated rings. The number of aromatic nitrogens is 3. The van der Waals surface area contributed by atoms with Crippen LogP contribution in [0.5, 0.6) is 5.75 Å². The van der Waals surface area contributed by atoms with Crippen LogP contribution in [0.2, 0.25) is 0 Å². The number of carbonyl (C=O) groups is 1. The van der Waals surface area contributed by atoms with Crippen LogP contribution < -0.4 is 9.64 Å². The predicted octanol–water partition coefficient (Wildman–Crippen LogP) is 5.14. The zero-order valence-electron chi connectivity index (χ0n) is 21.4. The van der Waals surface area contributed by atoms with Gasteiger partial charge in [-0.3, -0.25) is 4.79 Å². The van der Waals surface area contributed by atoms with E-state index in [1.807, 2.05) is 35.4 Å². The quantitative estimate of drug-likeness (QED) is 0.371. The molecule has 0 spiro atoms. The summed E-state index contributed by atoms with van der Waals surface area (Å²) in [6, 6.07) is 14.6. The van der Waals surface area contributed by atoms with Gasteiger partial charge in [0.05, 0.1) is 5.75 Å². The lowest BCUT2D eigenvalue weighted by Gasteiger charge is -2.36. The van der Waals surface area contributed by atoms with E-state index in [9.17, 15) is 9.18 Å². The molecule has 0 radical (unpaired) electrons. The fourth-order valence-electron chi connectivity index (χ4n) is 4.28. The van der Waals surface area contributed by atoms with Crippen molar-refractivity contribution >= 4 is 23.4 Å². The normalized spacial score (nSPS) is 14.8. The number of hydrogen-bond acceptors (Lipinski definition) is 6. The van der Waals surface area contributed by atoms with Crippen molar-refractivity contribution in [2.75, 3.05) is 36.8 Å². The summed E-state index contributed by atoms with van der Waals surface area (Å²) in [6.07, 6.45) is -0.271. The van der Waals surface area contributed by atoms with Crippen LogP contribution in [0.1, 0.15) is 51.1 Å². The van der Waals surface area contributed by atoms with Gasteiger partial charge in [-0.2, -0.15) is 0 Å². The molecule has 1 aliphatic rings. The van der Waals surface area contributed by atoms with Gasteiger partial charge in [0.1, 0.15) is 11.6 Å². The van der Waals surface area contributed by atoms with E-state index in [2.05, 4.69) is 41.1 Å². The number of thioether (sulfide) groups is 1. The topological polar surface area (TPSA) is 63.5 Å². The Bertz CT molecular complexity index is 1140. The third kappa shape index (κ3) is 6.19. The van der Waals surface area contributed by atoms with Crippen LogP contribution in [0.15, 0.2) is 53.7 Å². The van der Waals surface area contributed by atoms with Crippen molar-refractivity contribution in [1.82, 2.24) is 19.7 Å². The number of hydrogen-bond donors (Lipinski definition) is 0. The summed E-state index contributed by atoms with van der Waals surface area (Å²) in [5.74, 6) is 2.16. The number of ether oxygens (including phenoxy) is 1. The summed E-state index contributed by atoms with van der Waals surface area (Å²) < 4.78 is 21.3. The highest BCUT2D eigenvalue weighted by molar-refractivity contribution is 7.99. The Morgan fingerprint density at radius 3 is 2.28 bits per heavy atom. The van der Waals surface area contributed by atoms with E-state index in [-0.39, 0.29) is 17.8 Å². The van der Waals surface area contributed by atoms with Crippen molar-refractivity contribution in [3.8, 4) is 5.75 Å². The molecule has 36 heavy (non-hydrogen) atoms. The maximum absolute atomic E-state index is 13.2. The molecule has 3 aromatic rings. The molecular weight excluding hydrogens is 477 g/mol. The Morgan fingerprint density at radius 2 is 1.67 bits per heavy atom. The van der Waals surface area contributed by atoms with Gasteiger partial charge in [-0.05, 0) is 61.7 Å². The summed E-state index contributed by atoms with van der Waals surface area (Å²) in [7, 11) is 0. The molecule has 0 saturated carbocycles. The Balaban J connectivity index is 1.31. The second-order valence-electron chi connectivity index (χ2n) is 9.20. The standard InChI is InChI=1S/C27H34FN5O2S/c1-5-33-26(20(4)35-24-12-6-21(7-13-24)19(2)3)29-30-27(33)36-18-25(34)32-16-14-31(15-17-32)23-10-8-22(28)9-11-23/h6-13,19-20H,5,14-18H2,1-4H3. The number of nitrogens with zero attached hydrogens (tertiary/aromatic N) is 5. The fourth-order valence-corrected chi connectivity index (χ4v) is 5.19. The Hall–Kier alpha value is -3.07. The molecule has 2 aromatic carbocycles. The first-order valence-electron chi connectivity index (χ1n) is 12.5. The van der Waals surface area contributed by atoms with Crippen LogP contribution in [0.4, 0.5) is 10.1 Å². The number of piperazine rings is 1. The van der Waals surface area contributed by atoms with Gasteiger partial charge in [-0.1, -0.05) is 37.7 Å². The van der Waals surface area contributed by atoms with Crippen LogP contribution in [-0.2, 0) is 11.3 Å². The molecule has 192 valence electrons. The largest absolute Gasteiger partial charge is 0.483 e. The van der Waals surface area contributed by atoms with Crippen molar-refractivity contribution in [3.63, 3.8) is 0 Å². The molecule has 4 rings (SSSR count). The zero-order valence-corrected chi connectivity index (χ0v) is 22.2. The van der Waals surface area contributed by atoms with Crippen LogP contribution in [0.3, 0.4) is 0 Å². The highest BCUT2D eigenvalue weighted by Gasteiger charge is 2.23. The Kier molecular flexibility index (Phi) is 8.51. The van der Waals surface area contributed by atoms with Crippen molar-refractivity contribution in [1.29, 1.82) is 0 Å². The Labute approximate surface area is 216 Å². The van der Waals surface area contributed by atoms with Crippen LogP contribution in [0.25, 0.3) is 0 Å². The number of halogens is 1. The molecule has 1 unspecified atom stereocenters. The minimum atomic E-state index is -0.271. The van der Waals surface area contributed by atoms with E-state index >= 15 is 0 Å². The van der Waals surface area contributed by atoms with Gasteiger partial charge in [0, 0.05) is 38.4 Å². The first-order valence-corrected chi connectivity index (χ1v) is 13.4. The molecule has 1 aromatic heterocycles. The summed E-state index contributed by atoms with van der Waals surface area (Å²) >= 11 is 1.41. The molecule has 0 bridgehead atoms. The maximum Gasteiger partial charge on any atom is 0.233 e. The van der Waals surface area contributed by atoms with Gasteiger partial charge >= 0.3 is 0 Å². The van der Waals surface area contributed by atoms with Crippen molar-refractivity contribution < 1.29 is 13.9 Å². The second-order valence-corrected chi connectivity index (χ2v) is 10.1. The average molecular weight is 512 g/mol. The highest BCUT2D eigenvalue weighted by atomic mass is 32.2. The summed E-state index contributed by atoms with van der Waals surface area (Å²) in [4.78, 5) is 16.9. The lowest BCUT2D eigenvalue weighted by Crippen LogP contribution is -2.49. The third-order valence-corrected chi connectivity index (χ3v) is 7.39. The van der Waals surface area contributed by atoms with Crippen molar-refractivity contribution in [3.05, 3.63) is 65.7 Å². The van der Waals surface area contributed by atoms with Gasteiger partial charge in [-0.25, -0.2) is 4.39 Å². The van der Waals surface area contributed by atoms with E-state index in [1.54, 1.807) is 12.1 Å². The summed E-state index contributed by atoms with van der Waals surface area (Å²) in [6.45, 7) is 11.8. The first-order chi connectivity index (χ1) is 17.4. The molecule has 9 heteroatoms. The SMILES string of the molecule is CCn1c(SCC(=O)N2CCN(c3ccc(F)cc3)CC2)nnc1C(C)Oc1ccc(C(C)C)cc1. The van der Waals surface area contributed by atoms with E-state index < -0.39 is 0 Å². The van der Waals surface area contributed by atoms with Gasteiger partial charge in [0.25, 0.3) is 0 Å². The molecule has 1 aliphatic heterocycles. The van der Waals surface area contributed by atoms with E-state index in [0.717, 1.165) is 35.5 Å². The molecule has 7 nitrogen and oxygen atoms in total. The average Bonchev–Trinajstić information content (AvgIpc) is 3.31. The molecular formula is C27H34FN5O2S. The van der Waals surface area contributed by atoms with Crippen LogP contribution in [-0.4, -0.2) is 57.5 Å². The van der Waals surface area contributed by atoms with E-state index in [1.165, 1.54) is 29.5 Å². The molecule has 1 saturated heterocycles. The minimum Gasteiger partial charge on any atom is -0.483 e. The summed E-state index contributed by atoms with van der Waals surface area (Å²) in [5, 5.41) is 9.45. The molecule has 2 heterocycles. The van der Waals surface area contributed by atoms with Crippen molar-refractivity contribution in [2.45, 2.75) is 51.4 Å². The molecule has 1 atom stereocenters. The molecule has 0 aliphatic carbocycles. The lowest BCUT2D eigenvalue weighted by molar-refractivity contribution is -0.128. The van der Waals surface area contributed by atoms with Crippen LogP contribution >= 0.6 is 11.8 Å². The van der Waals surface area contributed by atoms with Crippen molar-refractivity contribution in [2.24, 2.45) is 0 Å². The number of anilines is 1. The van der Waals surface area contributed by atoms with Gasteiger partial charge in [-0.15, -0.1) is 10.2 Å². The second kappa shape index (κ2) is 11.8. The number of benzene rings is 2. The monoisotopic (exact) mass is 511 g/mol. The number of amides is 1. The third-order valence-electron chi connectivity index (χ3n) is 6.43. The summed E-state index contributed by atoms with van der Waals surface area (Å²) in [5.41, 5.74) is 2.25. The molecule has 0 N–H and O–H groups in total. The molecule has 1 amide bonds. The number of rotatable bonds is 9. The minimum absolute atomic E-state index is 0.0838. The van der Waals surface area contributed by atoms with Gasteiger partial charge < -0.3 is 19.1 Å². The maximum atomic E-state index is 13.2. The first kappa shape index (κ1) is 26.0. The van der Waals surface area contributed by atoms with Gasteiger partial charge in [0.2, 0.25) is 5.91 Å². The van der Waals surface area contributed by atoms with Gasteiger partial charge in [0.15, 0.2) is 17.1 Å². The lowest BCUT2D eigenvalue weighted by atomic mass is 10.0. The zero-order chi connectivity index (χ0) is 25.7. The van der Waals surface area contributed by atoms with E-state index in [0.29, 0.717) is 31.3 Å². The predicted molar refractivity (Wildman–Crippen MR) is 141 cm³/mol. The highest BCUT2D eigenvalue weighted by Crippen LogP contribution is 2.26. The Morgan fingerprint density at radius 1 is 1.00 bits per heavy atom. The van der Waals surface area contributed by atoms with E-state index in [4.69, 9.17) is 4.74 Å². The van der Waals surface area contributed by atoms with Crippen LogP contribution in [0, 0.1) is 5.82 Å².